The molecule has 1 saturated heterocycles. The second-order valence-electron chi connectivity index (χ2n) is 7.31. The molecule has 0 saturated carbocycles. The summed E-state index contributed by atoms with van der Waals surface area (Å²) in [6, 6.07) is 4.65. The van der Waals surface area contributed by atoms with E-state index in [0.29, 0.717) is 24.3 Å². The number of nitrogens with zero attached hydrogens (tertiary/aromatic N) is 1. The van der Waals surface area contributed by atoms with E-state index >= 15 is 0 Å². The fraction of sp³-hybridized carbons (Fsp3) is 0.550. The number of nitrogens with one attached hydrogen (secondary N) is 2. The number of ether oxygens (including phenoxy) is 2. The number of hydrogen-bond donors (Lipinski definition) is 2. The molecule has 2 aliphatic heterocycles. The van der Waals surface area contributed by atoms with Crippen LogP contribution in [0.5, 0.6) is 11.5 Å². The largest absolute Gasteiger partial charge is 0.454 e. The van der Waals surface area contributed by atoms with Gasteiger partial charge in [-0.1, -0.05) is 32.8 Å². The third kappa shape index (κ3) is 3.76. The normalized spacial score (nSPS) is 18.2. The topological polar surface area (TPSA) is 97.0 Å². The van der Waals surface area contributed by atoms with Crippen molar-refractivity contribution in [1.82, 2.24) is 15.5 Å². The zero-order valence-corrected chi connectivity index (χ0v) is 16.5. The van der Waals surface area contributed by atoms with Gasteiger partial charge in [0, 0.05) is 0 Å². The van der Waals surface area contributed by atoms with E-state index < -0.39 is 17.5 Å². The van der Waals surface area contributed by atoms with Crippen molar-refractivity contribution in [1.29, 1.82) is 0 Å². The first-order valence-electron chi connectivity index (χ1n) is 9.73. The summed E-state index contributed by atoms with van der Waals surface area (Å²) < 4.78 is 10.6. The Balaban J connectivity index is 1.64. The molecule has 1 atom stereocenters. The first-order chi connectivity index (χ1) is 13.4. The molecular formula is C20H27N3O5. The maximum absolute atomic E-state index is 12.9. The minimum Gasteiger partial charge on any atom is -0.454 e. The van der Waals surface area contributed by atoms with Gasteiger partial charge in [-0.15, -0.1) is 0 Å². The maximum atomic E-state index is 12.9. The minimum atomic E-state index is -0.885. The molecule has 28 heavy (non-hydrogen) atoms. The van der Waals surface area contributed by atoms with E-state index in [4.69, 9.17) is 9.47 Å². The highest BCUT2D eigenvalue weighted by Gasteiger charge is 2.50. The third-order valence-electron chi connectivity index (χ3n) is 5.18. The maximum Gasteiger partial charge on any atom is 0.325 e. The van der Waals surface area contributed by atoms with Gasteiger partial charge in [0.25, 0.3) is 5.91 Å². The molecule has 2 aliphatic rings. The summed E-state index contributed by atoms with van der Waals surface area (Å²) in [5.41, 5.74) is -0.0369. The second kappa shape index (κ2) is 8.08. The van der Waals surface area contributed by atoms with Crippen LogP contribution in [0.4, 0.5) is 4.79 Å². The molecule has 3 rings (SSSR count). The molecule has 0 unspecified atom stereocenters. The molecule has 2 heterocycles. The first-order valence-corrected chi connectivity index (χ1v) is 9.73. The van der Waals surface area contributed by atoms with Gasteiger partial charge >= 0.3 is 6.03 Å². The predicted molar refractivity (Wildman–Crippen MR) is 102 cm³/mol. The van der Waals surface area contributed by atoms with E-state index in [1.165, 1.54) is 0 Å². The molecule has 0 bridgehead atoms. The summed E-state index contributed by atoms with van der Waals surface area (Å²) in [5.74, 6) is 0.603. The van der Waals surface area contributed by atoms with Crippen molar-refractivity contribution in [3.05, 3.63) is 23.8 Å². The highest BCUT2D eigenvalue weighted by atomic mass is 16.7. The Morgan fingerprint density at radius 2 is 1.89 bits per heavy atom. The first kappa shape index (κ1) is 20.0. The summed E-state index contributed by atoms with van der Waals surface area (Å²) >= 11 is 0. The van der Waals surface area contributed by atoms with Crippen LogP contribution in [-0.2, 0) is 9.59 Å². The number of carbonyl (C=O) groups excluding carboxylic acids is 3. The number of urea groups is 1. The smallest absolute Gasteiger partial charge is 0.325 e. The molecular weight excluding hydrogens is 362 g/mol. The lowest BCUT2D eigenvalue weighted by molar-refractivity contribution is -0.135. The fourth-order valence-electron chi connectivity index (χ4n) is 3.83. The summed E-state index contributed by atoms with van der Waals surface area (Å²) in [7, 11) is 0. The van der Waals surface area contributed by atoms with Crippen LogP contribution < -0.4 is 20.1 Å². The lowest BCUT2D eigenvalue weighted by Crippen LogP contribution is -2.47. The van der Waals surface area contributed by atoms with Crippen LogP contribution in [0, 0.1) is 0 Å². The van der Waals surface area contributed by atoms with Crippen LogP contribution in [0.2, 0.25) is 0 Å². The average molecular weight is 389 g/mol. The minimum absolute atomic E-state index is 0.184. The van der Waals surface area contributed by atoms with Crippen LogP contribution in [0.1, 0.15) is 58.1 Å². The zero-order valence-electron chi connectivity index (χ0n) is 16.5. The molecule has 2 N–H and O–H groups in total. The monoisotopic (exact) mass is 389 g/mol. The molecule has 1 fully saturated rings. The van der Waals surface area contributed by atoms with Crippen LogP contribution in [-0.4, -0.2) is 41.6 Å². The number of amides is 4. The molecule has 0 aliphatic carbocycles. The van der Waals surface area contributed by atoms with Gasteiger partial charge in [0.05, 0.1) is 6.04 Å². The molecule has 0 radical (unpaired) electrons. The number of carbonyl (C=O) groups is 3. The molecule has 8 heteroatoms. The molecule has 152 valence electrons. The molecule has 8 nitrogen and oxygen atoms in total. The lowest BCUT2D eigenvalue weighted by Gasteiger charge is -2.25. The number of hydrogen-bond acceptors (Lipinski definition) is 5. The summed E-state index contributed by atoms with van der Waals surface area (Å²) in [6.45, 7) is 5.66. The SMILES string of the molecule is CCCC1(CCC)NC(=O)N(CC(=O)N[C@@H](C)c2ccc3c(c2)OCO3)C1=O. The lowest BCUT2D eigenvalue weighted by atomic mass is 9.88. The van der Waals surface area contributed by atoms with Crippen molar-refractivity contribution in [2.75, 3.05) is 13.3 Å². The van der Waals surface area contributed by atoms with Gasteiger partial charge in [-0.2, -0.15) is 0 Å². The zero-order chi connectivity index (χ0) is 20.3. The number of fused-ring (bicyclic) bond motifs is 1. The van der Waals surface area contributed by atoms with Gasteiger partial charge in [0.15, 0.2) is 11.5 Å². The van der Waals surface area contributed by atoms with E-state index in [1.807, 2.05) is 32.9 Å². The fourth-order valence-corrected chi connectivity index (χ4v) is 3.83. The molecule has 0 spiro atoms. The quantitative estimate of drug-likeness (QED) is 0.666. The Bertz CT molecular complexity index is 773. The van der Waals surface area contributed by atoms with Gasteiger partial charge in [-0.25, -0.2) is 4.79 Å². The third-order valence-corrected chi connectivity index (χ3v) is 5.18. The Morgan fingerprint density at radius 3 is 2.57 bits per heavy atom. The van der Waals surface area contributed by atoms with Crippen molar-refractivity contribution in [3.63, 3.8) is 0 Å². The molecule has 1 aromatic rings. The number of imide groups is 1. The van der Waals surface area contributed by atoms with Crippen LogP contribution >= 0.6 is 0 Å². The van der Waals surface area contributed by atoms with Gasteiger partial charge in [-0.05, 0) is 37.5 Å². The van der Waals surface area contributed by atoms with E-state index in [9.17, 15) is 14.4 Å². The molecule has 4 amide bonds. The molecule has 0 aromatic heterocycles. The number of rotatable bonds is 8. The van der Waals surface area contributed by atoms with E-state index in [2.05, 4.69) is 10.6 Å². The summed E-state index contributed by atoms with van der Waals surface area (Å²) in [6.07, 6.45) is 2.68. The van der Waals surface area contributed by atoms with Crippen LogP contribution in [0.25, 0.3) is 0 Å². The van der Waals surface area contributed by atoms with E-state index in [0.717, 1.165) is 23.3 Å². The second-order valence-corrected chi connectivity index (χ2v) is 7.31. The summed E-state index contributed by atoms with van der Waals surface area (Å²) in [4.78, 5) is 38.7. The highest BCUT2D eigenvalue weighted by molar-refractivity contribution is 6.09. The Morgan fingerprint density at radius 1 is 1.21 bits per heavy atom. The van der Waals surface area contributed by atoms with Crippen molar-refractivity contribution in [2.45, 2.75) is 58.0 Å². The highest BCUT2D eigenvalue weighted by Crippen LogP contribution is 2.34. The van der Waals surface area contributed by atoms with Crippen molar-refractivity contribution >= 4 is 17.8 Å². The van der Waals surface area contributed by atoms with Gasteiger partial charge in [-0.3, -0.25) is 14.5 Å². The van der Waals surface area contributed by atoms with Crippen LogP contribution in [0.15, 0.2) is 18.2 Å². The van der Waals surface area contributed by atoms with Gasteiger partial charge in [0.2, 0.25) is 12.7 Å². The van der Waals surface area contributed by atoms with Crippen molar-refractivity contribution in [3.8, 4) is 11.5 Å². The summed E-state index contributed by atoms with van der Waals surface area (Å²) in [5, 5.41) is 5.65. The van der Waals surface area contributed by atoms with Crippen molar-refractivity contribution < 1.29 is 23.9 Å². The molecule has 1 aromatic carbocycles. The standard InChI is InChI=1S/C20H27N3O5/c1-4-8-20(9-5-2)18(25)23(19(26)22-20)11-17(24)21-13(3)14-6-7-15-16(10-14)28-12-27-15/h6-7,10,13H,4-5,8-9,11-12H2,1-3H3,(H,21,24)(H,22,26)/t13-/m0/s1. The average Bonchev–Trinajstić information content (AvgIpc) is 3.20. The van der Waals surface area contributed by atoms with Crippen LogP contribution in [0.3, 0.4) is 0 Å². The van der Waals surface area contributed by atoms with E-state index in [1.54, 1.807) is 6.07 Å². The van der Waals surface area contributed by atoms with Gasteiger partial charge in [0.1, 0.15) is 12.1 Å². The van der Waals surface area contributed by atoms with Gasteiger partial charge < -0.3 is 20.1 Å². The Labute approximate surface area is 164 Å². The van der Waals surface area contributed by atoms with Crippen molar-refractivity contribution in [2.24, 2.45) is 0 Å². The number of benzene rings is 1. The van der Waals surface area contributed by atoms with E-state index in [-0.39, 0.29) is 25.3 Å². The predicted octanol–water partition coefficient (Wildman–Crippen LogP) is 2.48. The Kier molecular flexibility index (Phi) is 5.76. The Hall–Kier alpha value is -2.77.